The quantitative estimate of drug-likeness (QED) is 0.492. The zero-order valence-corrected chi connectivity index (χ0v) is 17.5. The Morgan fingerprint density at radius 3 is 2.61 bits per heavy atom. The molecule has 0 spiro atoms. The van der Waals surface area contributed by atoms with Gasteiger partial charge in [-0.15, -0.1) is 0 Å². The van der Waals surface area contributed by atoms with Gasteiger partial charge in [0.25, 0.3) is 5.91 Å². The second kappa shape index (κ2) is 12.6. The van der Waals surface area contributed by atoms with Crippen LogP contribution in [0.2, 0.25) is 0 Å². The van der Waals surface area contributed by atoms with Crippen LogP contribution in [0.4, 0.5) is 19.3 Å². The molecular formula is C20H26F2N4O5. The van der Waals surface area contributed by atoms with Gasteiger partial charge in [0.2, 0.25) is 5.89 Å². The highest BCUT2D eigenvalue weighted by molar-refractivity contribution is 5.92. The number of halogens is 2. The van der Waals surface area contributed by atoms with E-state index in [1.54, 1.807) is 7.11 Å². The molecule has 0 radical (unpaired) electrons. The topological polar surface area (TPSA) is 106 Å². The summed E-state index contributed by atoms with van der Waals surface area (Å²) in [5.74, 6) is -1.92. The first-order valence-corrected chi connectivity index (χ1v) is 9.66. The molecule has 0 saturated carbocycles. The summed E-state index contributed by atoms with van der Waals surface area (Å²) in [7, 11) is 3.11. The molecule has 2 aromatic rings. The Morgan fingerprint density at radius 2 is 1.90 bits per heavy atom. The molecule has 11 heteroatoms. The van der Waals surface area contributed by atoms with Crippen LogP contribution in [0.1, 0.15) is 29.2 Å². The van der Waals surface area contributed by atoms with E-state index in [9.17, 15) is 18.4 Å². The monoisotopic (exact) mass is 440 g/mol. The molecule has 31 heavy (non-hydrogen) atoms. The molecule has 170 valence electrons. The number of rotatable bonds is 12. The van der Waals surface area contributed by atoms with Crippen molar-refractivity contribution in [2.45, 2.75) is 19.4 Å². The number of methoxy groups -OCH3 is 2. The van der Waals surface area contributed by atoms with E-state index >= 15 is 0 Å². The lowest BCUT2D eigenvalue weighted by Gasteiger charge is -2.21. The molecule has 0 bridgehead atoms. The Bertz CT molecular complexity index is 862. The van der Waals surface area contributed by atoms with Crippen molar-refractivity contribution in [1.29, 1.82) is 0 Å². The molecule has 0 aliphatic rings. The first-order valence-electron chi connectivity index (χ1n) is 9.66. The van der Waals surface area contributed by atoms with Gasteiger partial charge in [-0.3, -0.25) is 4.79 Å². The lowest BCUT2D eigenvalue weighted by atomic mass is 10.3. The second-order valence-electron chi connectivity index (χ2n) is 6.55. The summed E-state index contributed by atoms with van der Waals surface area (Å²) >= 11 is 0. The number of carbonyl (C=O) groups is 2. The Labute approximate surface area is 178 Å². The fraction of sp³-hybridized carbons (Fsp3) is 0.450. The van der Waals surface area contributed by atoms with Gasteiger partial charge >= 0.3 is 6.03 Å². The van der Waals surface area contributed by atoms with E-state index in [0.717, 1.165) is 12.1 Å². The predicted molar refractivity (Wildman–Crippen MR) is 108 cm³/mol. The van der Waals surface area contributed by atoms with Crippen molar-refractivity contribution < 1.29 is 32.3 Å². The van der Waals surface area contributed by atoms with Gasteiger partial charge in [0.15, 0.2) is 5.69 Å². The number of anilines is 1. The van der Waals surface area contributed by atoms with Crippen LogP contribution in [0.15, 0.2) is 28.9 Å². The molecule has 3 amide bonds. The highest BCUT2D eigenvalue weighted by Gasteiger charge is 2.20. The van der Waals surface area contributed by atoms with Gasteiger partial charge in [0, 0.05) is 46.6 Å². The minimum absolute atomic E-state index is 0.0602. The van der Waals surface area contributed by atoms with Gasteiger partial charge in [-0.05, 0) is 25.0 Å². The van der Waals surface area contributed by atoms with Crippen molar-refractivity contribution in [2.24, 2.45) is 0 Å². The van der Waals surface area contributed by atoms with Gasteiger partial charge in [-0.1, -0.05) is 0 Å². The number of hydrogen-bond acceptors (Lipinski definition) is 6. The Morgan fingerprint density at radius 1 is 1.16 bits per heavy atom. The molecule has 0 unspecified atom stereocenters. The minimum atomic E-state index is -0.895. The van der Waals surface area contributed by atoms with Crippen LogP contribution in [0.3, 0.4) is 0 Å². The van der Waals surface area contributed by atoms with Crippen LogP contribution in [0.5, 0.6) is 0 Å². The second-order valence-corrected chi connectivity index (χ2v) is 6.55. The third-order valence-electron chi connectivity index (χ3n) is 4.16. The normalized spacial score (nSPS) is 10.7. The van der Waals surface area contributed by atoms with E-state index in [1.807, 2.05) is 0 Å². The van der Waals surface area contributed by atoms with Crippen molar-refractivity contribution in [1.82, 2.24) is 15.2 Å². The molecule has 2 rings (SSSR count). The average molecular weight is 440 g/mol. The van der Waals surface area contributed by atoms with E-state index in [2.05, 4.69) is 15.6 Å². The molecule has 0 atom stereocenters. The summed E-state index contributed by atoms with van der Waals surface area (Å²) in [5, 5.41) is 5.08. The lowest BCUT2D eigenvalue weighted by molar-refractivity contribution is 0.0943. The van der Waals surface area contributed by atoms with E-state index in [1.165, 1.54) is 18.3 Å². The number of oxazole rings is 1. The summed E-state index contributed by atoms with van der Waals surface area (Å²) in [4.78, 5) is 30.2. The molecule has 0 aliphatic heterocycles. The standard InChI is InChI=1S/C20H26F2N4O5/c1-29-9-3-7-23-19(27)17-13-31-18(24-17)12-26(8-4-10-30-2)20(28)25-16-6-5-14(21)11-15(16)22/h5-6,11,13H,3-4,7-10,12H2,1-2H3,(H,23,27)(H,25,28). The van der Waals surface area contributed by atoms with Gasteiger partial charge in [-0.2, -0.15) is 0 Å². The van der Waals surface area contributed by atoms with Gasteiger partial charge < -0.3 is 29.4 Å². The summed E-state index contributed by atoms with van der Waals surface area (Å²) in [5.41, 5.74) is -0.0825. The van der Waals surface area contributed by atoms with Crippen molar-refractivity contribution in [3.05, 3.63) is 47.7 Å². The molecule has 1 heterocycles. The van der Waals surface area contributed by atoms with Crippen LogP contribution in [0, 0.1) is 11.6 Å². The minimum Gasteiger partial charge on any atom is -0.446 e. The van der Waals surface area contributed by atoms with Crippen LogP contribution in [0.25, 0.3) is 0 Å². The van der Waals surface area contributed by atoms with Crippen LogP contribution >= 0.6 is 0 Å². The fourth-order valence-corrected chi connectivity index (χ4v) is 2.60. The average Bonchev–Trinajstić information content (AvgIpc) is 3.21. The Hall–Kier alpha value is -3.05. The zero-order chi connectivity index (χ0) is 22.6. The van der Waals surface area contributed by atoms with E-state index in [4.69, 9.17) is 13.9 Å². The van der Waals surface area contributed by atoms with Crippen molar-refractivity contribution in [2.75, 3.05) is 45.8 Å². The summed E-state index contributed by atoms with van der Waals surface area (Å²) in [6.07, 6.45) is 2.36. The molecular weight excluding hydrogens is 414 g/mol. The number of benzene rings is 1. The molecule has 2 N–H and O–H groups in total. The number of ether oxygens (including phenoxy) is 2. The summed E-state index contributed by atoms with van der Waals surface area (Å²) < 4.78 is 42.2. The van der Waals surface area contributed by atoms with Gasteiger partial charge in [0.05, 0.1) is 12.2 Å². The van der Waals surface area contributed by atoms with Crippen LogP contribution < -0.4 is 10.6 Å². The Balaban J connectivity index is 2.02. The van der Waals surface area contributed by atoms with Crippen LogP contribution in [-0.4, -0.2) is 62.3 Å². The molecule has 9 nitrogen and oxygen atoms in total. The molecule has 0 aliphatic carbocycles. The van der Waals surface area contributed by atoms with Crippen molar-refractivity contribution in [3.8, 4) is 0 Å². The number of hydrogen-bond donors (Lipinski definition) is 2. The predicted octanol–water partition coefficient (Wildman–Crippen LogP) is 2.79. The van der Waals surface area contributed by atoms with Gasteiger partial charge in [0.1, 0.15) is 17.9 Å². The smallest absolute Gasteiger partial charge is 0.322 e. The first-order chi connectivity index (χ1) is 14.9. The number of carbonyl (C=O) groups excluding carboxylic acids is 2. The third kappa shape index (κ3) is 7.95. The molecule has 0 saturated heterocycles. The number of nitrogens with one attached hydrogen (secondary N) is 2. The van der Waals surface area contributed by atoms with Crippen molar-refractivity contribution >= 4 is 17.6 Å². The zero-order valence-electron chi connectivity index (χ0n) is 17.5. The van der Waals surface area contributed by atoms with E-state index in [-0.39, 0.29) is 30.4 Å². The largest absolute Gasteiger partial charge is 0.446 e. The van der Waals surface area contributed by atoms with Crippen LogP contribution in [-0.2, 0) is 16.0 Å². The third-order valence-corrected chi connectivity index (χ3v) is 4.16. The maximum atomic E-state index is 13.9. The highest BCUT2D eigenvalue weighted by Crippen LogP contribution is 2.16. The van der Waals surface area contributed by atoms with Crippen molar-refractivity contribution in [3.63, 3.8) is 0 Å². The highest BCUT2D eigenvalue weighted by atomic mass is 19.1. The number of nitrogens with zero attached hydrogens (tertiary/aromatic N) is 2. The Kier molecular flexibility index (Phi) is 9.85. The number of urea groups is 1. The molecule has 1 aromatic heterocycles. The fourth-order valence-electron chi connectivity index (χ4n) is 2.60. The summed E-state index contributed by atoms with van der Waals surface area (Å²) in [6.45, 7) is 1.53. The number of aromatic nitrogens is 1. The lowest BCUT2D eigenvalue weighted by Crippen LogP contribution is -2.36. The first kappa shape index (κ1) is 24.2. The molecule has 0 fully saturated rings. The maximum absolute atomic E-state index is 13.9. The van der Waals surface area contributed by atoms with E-state index < -0.39 is 23.6 Å². The summed E-state index contributed by atoms with van der Waals surface area (Å²) in [6, 6.07) is 2.22. The number of amides is 3. The maximum Gasteiger partial charge on any atom is 0.322 e. The SMILES string of the molecule is COCCCNC(=O)c1coc(CN(CCCOC)C(=O)Nc2ccc(F)cc2F)n1. The molecule has 1 aromatic carbocycles. The van der Waals surface area contributed by atoms with Gasteiger partial charge in [-0.25, -0.2) is 18.6 Å². The van der Waals surface area contributed by atoms with E-state index in [0.29, 0.717) is 38.7 Å².